The van der Waals surface area contributed by atoms with E-state index in [-0.39, 0.29) is 17.6 Å². The van der Waals surface area contributed by atoms with Crippen molar-refractivity contribution in [1.29, 1.82) is 0 Å². The molecule has 1 N–H and O–H groups in total. The molecular weight excluding hydrogens is 262 g/mol. The SMILES string of the molecule is CC(C)OC(=O)N(C)c1nc2c(c(=O)[nH]1)n(C)c[n+]2C. The van der Waals surface area contributed by atoms with E-state index in [1.165, 1.54) is 11.9 Å². The summed E-state index contributed by atoms with van der Waals surface area (Å²) >= 11 is 0. The van der Waals surface area contributed by atoms with Gasteiger partial charge in [-0.15, -0.1) is 0 Å². The van der Waals surface area contributed by atoms with E-state index in [1.807, 2.05) is 0 Å². The number of ether oxygens (including phenoxy) is 1. The standard InChI is InChI=1S/C12H17N5O3/c1-7(2)20-12(19)17(5)11-13-9-8(10(18)14-11)15(3)6-16(9)4/h6-7H,1-5H3/p+1. The van der Waals surface area contributed by atoms with Gasteiger partial charge in [0.25, 0.3) is 11.5 Å². The fourth-order valence-corrected chi connectivity index (χ4v) is 1.91. The highest BCUT2D eigenvalue weighted by Gasteiger charge is 2.23. The van der Waals surface area contributed by atoms with Gasteiger partial charge >= 0.3 is 11.7 Å². The van der Waals surface area contributed by atoms with E-state index in [0.29, 0.717) is 11.2 Å². The molecule has 1 amide bonds. The molecule has 0 aliphatic rings. The number of amides is 1. The fraction of sp³-hybridized carbons (Fsp3) is 0.500. The molecular formula is C12H18N5O3+. The smallest absolute Gasteiger partial charge is 0.417 e. The summed E-state index contributed by atoms with van der Waals surface area (Å²) in [7, 11) is 5.04. The van der Waals surface area contributed by atoms with Crippen LogP contribution in [0.5, 0.6) is 0 Å². The zero-order chi connectivity index (χ0) is 15.0. The van der Waals surface area contributed by atoms with Gasteiger partial charge in [-0.05, 0) is 13.8 Å². The van der Waals surface area contributed by atoms with E-state index in [2.05, 4.69) is 9.97 Å². The van der Waals surface area contributed by atoms with Gasteiger partial charge in [0.15, 0.2) is 6.33 Å². The lowest BCUT2D eigenvalue weighted by Crippen LogP contribution is -2.34. The molecule has 0 saturated carbocycles. The minimum absolute atomic E-state index is 0.148. The third-order valence-electron chi connectivity index (χ3n) is 2.83. The summed E-state index contributed by atoms with van der Waals surface area (Å²) in [6.07, 6.45) is 0.928. The average Bonchev–Trinajstić information content (AvgIpc) is 2.63. The van der Waals surface area contributed by atoms with Crippen molar-refractivity contribution < 1.29 is 14.1 Å². The highest BCUT2D eigenvalue weighted by Crippen LogP contribution is 2.09. The quantitative estimate of drug-likeness (QED) is 0.789. The zero-order valence-corrected chi connectivity index (χ0v) is 12.2. The van der Waals surface area contributed by atoms with E-state index in [9.17, 15) is 9.59 Å². The first-order valence-electron chi connectivity index (χ1n) is 6.20. The van der Waals surface area contributed by atoms with Crippen LogP contribution in [0.4, 0.5) is 10.7 Å². The maximum atomic E-state index is 12.1. The van der Waals surface area contributed by atoms with Gasteiger partial charge in [0, 0.05) is 7.05 Å². The molecule has 20 heavy (non-hydrogen) atoms. The molecule has 2 rings (SSSR count). The molecule has 0 aromatic carbocycles. The highest BCUT2D eigenvalue weighted by atomic mass is 16.6. The molecule has 108 valence electrons. The van der Waals surface area contributed by atoms with Gasteiger partial charge in [-0.3, -0.25) is 14.3 Å². The van der Waals surface area contributed by atoms with Gasteiger partial charge in [-0.1, -0.05) is 4.98 Å². The number of nitrogens with zero attached hydrogens (tertiary/aromatic N) is 4. The van der Waals surface area contributed by atoms with Crippen LogP contribution < -0.4 is 15.0 Å². The van der Waals surface area contributed by atoms with Crippen molar-refractivity contribution in [3.63, 3.8) is 0 Å². The summed E-state index contributed by atoms with van der Waals surface area (Å²) in [6, 6.07) is 0. The van der Waals surface area contributed by atoms with E-state index >= 15 is 0 Å². The molecule has 0 radical (unpaired) electrons. The lowest BCUT2D eigenvalue weighted by atomic mass is 10.5. The van der Waals surface area contributed by atoms with Gasteiger partial charge in [0.2, 0.25) is 5.52 Å². The summed E-state index contributed by atoms with van der Waals surface area (Å²) in [5, 5.41) is 0. The van der Waals surface area contributed by atoms with E-state index in [0.717, 1.165) is 0 Å². The maximum Gasteiger partial charge on any atom is 0.417 e. The Hall–Kier alpha value is -2.38. The van der Waals surface area contributed by atoms with Crippen molar-refractivity contribution >= 4 is 23.2 Å². The van der Waals surface area contributed by atoms with Crippen LogP contribution in [-0.4, -0.2) is 33.8 Å². The molecule has 0 spiro atoms. The number of rotatable bonds is 2. The summed E-state index contributed by atoms with van der Waals surface area (Å²) < 4.78 is 8.46. The van der Waals surface area contributed by atoms with Crippen molar-refractivity contribution in [1.82, 2.24) is 14.5 Å². The topological polar surface area (TPSA) is 84.1 Å². The third-order valence-corrected chi connectivity index (χ3v) is 2.83. The van der Waals surface area contributed by atoms with Crippen molar-refractivity contribution in [2.24, 2.45) is 14.1 Å². The van der Waals surface area contributed by atoms with Crippen LogP contribution in [0.25, 0.3) is 11.2 Å². The number of imidazole rings is 1. The number of anilines is 1. The number of hydrogen-bond donors (Lipinski definition) is 1. The van der Waals surface area contributed by atoms with E-state index in [1.54, 1.807) is 43.4 Å². The molecule has 2 aromatic rings. The molecule has 0 unspecified atom stereocenters. The number of fused-ring (bicyclic) bond motifs is 1. The van der Waals surface area contributed by atoms with Crippen LogP contribution in [0.2, 0.25) is 0 Å². The minimum atomic E-state index is -0.568. The number of nitrogens with one attached hydrogen (secondary N) is 1. The Labute approximate surface area is 115 Å². The maximum absolute atomic E-state index is 12.1. The van der Waals surface area contributed by atoms with Gasteiger partial charge in [0.1, 0.15) is 0 Å². The van der Waals surface area contributed by atoms with Gasteiger partial charge in [-0.25, -0.2) is 14.3 Å². The summed E-state index contributed by atoms with van der Waals surface area (Å²) in [5.41, 5.74) is 0.634. The number of aromatic amines is 1. The van der Waals surface area contributed by atoms with Crippen LogP contribution >= 0.6 is 0 Å². The Morgan fingerprint density at radius 2 is 2.20 bits per heavy atom. The summed E-state index contributed by atoms with van der Waals surface area (Å²) in [4.78, 5) is 31.9. The molecule has 0 aliphatic heterocycles. The molecule has 0 bridgehead atoms. The van der Waals surface area contributed by atoms with Gasteiger partial charge < -0.3 is 4.74 Å². The Bertz CT molecular complexity index is 716. The molecule has 0 aliphatic carbocycles. The number of aromatic nitrogens is 4. The van der Waals surface area contributed by atoms with Crippen molar-refractivity contribution in [3.05, 3.63) is 16.7 Å². The van der Waals surface area contributed by atoms with Crippen LogP contribution in [0.3, 0.4) is 0 Å². The molecule has 0 atom stereocenters. The van der Waals surface area contributed by atoms with Crippen molar-refractivity contribution in [2.45, 2.75) is 20.0 Å². The normalized spacial score (nSPS) is 11.1. The number of carbonyl (C=O) groups is 1. The molecule has 2 aromatic heterocycles. The monoisotopic (exact) mass is 280 g/mol. The number of carbonyl (C=O) groups excluding carboxylic acids is 1. The molecule has 0 saturated heterocycles. The molecule has 8 heteroatoms. The van der Waals surface area contributed by atoms with E-state index in [4.69, 9.17) is 4.74 Å². The predicted molar refractivity (Wildman–Crippen MR) is 72.5 cm³/mol. The second-order valence-corrected chi connectivity index (χ2v) is 4.89. The molecule has 8 nitrogen and oxygen atoms in total. The number of aryl methyl sites for hydroxylation is 2. The minimum Gasteiger partial charge on any atom is -0.446 e. The van der Waals surface area contributed by atoms with E-state index < -0.39 is 6.09 Å². The summed E-state index contributed by atoms with van der Waals surface area (Å²) in [6.45, 7) is 3.50. The Morgan fingerprint density at radius 3 is 2.80 bits per heavy atom. The van der Waals surface area contributed by atoms with Crippen LogP contribution in [0.15, 0.2) is 11.1 Å². The van der Waals surface area contributed by atoms with Crippen LogP contribution in [0, 0.1) is 0 Å². The Morgan fingerprint density at radius 1 is 1.55 bits per heavy atom. The van der Waals surface area contributed by atoms with Gasteiger partial charge in [0.05, 0.1) is 20.2 Å². The number of hydrogen-bond acceptors (Lipinski definition) is 4. The first-order valence-corrected chi connectivity index (χ1v) is 6.20. The fourth-order valence-electron chi connectivity index (χ4n) is 1.91. The van der Waals surface area contributed by atoms with Crippen molar-refractivity contribution in [3.8, 4) is 0 Å². The average molecular weight is 280 g/mol. The molecule has 2 heterocycles. The lowest BCUT2D eigenvalue weighted by Gasteiger charge is -2.15. The highest BCUT2D eigenvalue weighted by molar-refractivity contribution is 5.85. The third kappa shape index (κ3) is 2.36. The summed E-state index contributed by atoms with van der Waals surface area (Å²) in [5.74, 6) is 0.148. The van der Waals surface area contributed by atoms with Gasteiger partial charge in [-0.2, -0.15) is 0 Å². The van der Waals surface area contributed by atoms with Crippen molar-refractivity contribution in [2.75, 3.05) is 11.9 Å². The predicted octanol–water partition coefficient (Wildman–Crippen LogP) is 0.0673. The first-order chi connectivity index (χ1) is 9.31. The second kappa shape index (κ2) is 4.95. The Kier molecular flexibility index (Phi) is 3.47. The largest absolute Gasteiger partial charge is 0.446 e. The number of H-pyrrole nitrogens is 1. The second-order valence-electron chi connectivity index (χ2n) is 4.89. The lowest BCUT2D eigenvalue weighted by molar-refractivity contribution is -0.647. The van der Waals surface area contributed by atoms with Crippen LogP contribution in [-0.2, 0) is 18.8 Å². The zero-order valence-electron chi connectivity index (χ0n) is 12.2. The Balaban J connectivity index is 2.48. The van der Waals surface area contributed by atoms with Crippen LogP contribution in [0.1, 0.15) is 13.8 Å². The first kappa shape index (κ1) is 14.0. The molecule has 0 fully saturated rings.